The highest BCUT2D eigenvalue weighted by Gasteiger charge is 2.66. The number of fused-ring (bicyclic) bond motifs is 2. The predicted octanol–water partition coefficient (Wildman–Crippen LogP) is 3.99. The zero-order chi connectivity index (χ0) is 27.7. The highest BCUT2D eigenvalue weighted by atomic mass is 19.1. The molecule has 200 valence electrons. The first-order valence-corrected chi connectivity index (χ1v) is 11.9. The Hall–Kier alpha value is -4.09. The molecule has 0 spiro atoms. The van der Waals surface area contributed by atoms with E-state index in [0.29, 0.717) is 19.0 Å². The number of benzene rings is 1. The summed E-state index contributed by atoms with van der Waals surface area (Å²) in [6.45, 7) is 7.37. The summed E-state index contributed by atoms with van der Waals surface area (Å²) in [6, 6.07) is 3.09. The van der Waals surface area contributed by atoms with E-state index in [-0.39, 0.29) is 28.5 Å². The fourth-order valence-corrected chi connectivity index (χ4v) is 5.21. The number of anilines is 1. The van der Waals surface area contributed by atoms with Gasteiger partial charge in [-0.05, 0) is 52.3 Å². The van der Waals surface area contributed by atoms with Crippen LogP contribution in [0.4, 0.5) is 23.8 Å². The second-order valence-electron chi connectivity index (χ2n) is 10.7. The molecule has 2 aromatic heterocycles. The van der Waals surface area contributed by atoms with E-state index in [9.17, 15) is 28.3 Å². The third-order valence-corrected chi connectivity index (χ3v) is 7.10. The molecule has 1 amide bonds. The first kappa shape index (κ1) is 25.6. The number of carbonyl (C=O) groups excluding carboxylic acids is 1. The topological polar surface area (TPSA) is 114 Å². The van der Waals surface area contributed by atoms with Crippen molar-refractivity contribution in [3.63, 3.8) is 0 Å². The molecular weight excluding hydrogens is 505 g/mol. The second-order valence-corrected chi connectivity index (χ2v) is 10.7. The third kappa shape index (κ3) is 4.13. The Bertz CT molecular complexity index is 1570. The largest absolute Gasteiger partial charge is 0.477 e. The van der Waals surface area contributed by atoms with Crippen LogP contribution in [0.2, 0.25) is 0 Å². The number of hydrogen-bond acceptors (Lipinski definition) is 6. The van der Waals surface area contributed by atoms with Crippen LogP contribution in [0.1, 0.15) is 44.5 Å². The molecule has 1 aromatic carbocycles. The van der Waals surface area contributed by atoms with Crippen molar-refractivity contribution in [3.05, 3.63) is 63.7 Å². The van der Waals surface area contributed by atoms with Gasteiger partial charge in [0.15, 0.2) is 17.3 Å². The van der Waals surface area contributed by atoms with Gasteiger partial charge in [0.25, 0.3) is 0 Å². The highest BCUT2D eigenvalue weighted by molar-refractivity contribution is 5.92. The Morgan fingerprint density at radius 3 is 2.53 bits per heavy atom. The molecular formula is C26H25F3N4O5. The molecule has 1 saturated heterocycles. The van der Waals surface area contributed by atoms with Crippen LogP contribution in [-0.2, 0) is 4.74 Å². The van der Waals surface area contributed by atoms with Crippen LogP contribution in [0.3, 0.4) is 0 Å². The van der Waals surface area contributed by atoms with Crippen molar-refractivity contribution < 1.29 is 32.6 Å². The molecule has 2 fully saturated rings. The minimum Gasteiger partial charge on any atom is -0.477 e. The van der Waals surface area contributed by atoms with E-state index in [4.69, 9.17) is 4.74 Å². The number of rotatable bonds is 4. The molecule has 12 heteroatoms. The molecule has 0 unspecified atom stereocenters. The molecule has 0 bridgehead atoms. The first-order chi connectivity index (χ1) is 17.7. The van der Waals surface area contributed by atoms with Crippen LogP contribution in [0.15, 0.2) is 35.3 Å². The van der Waals surface area contributed by atoms with Gasteiger partial charge >= 0.3 is 12.1 Å². The van der Waals surface area contributed by atoms with E-state index in [2.05, 4.69) is 10.3 Å². The molecule has 2 N–H and O–H groups in total. The smallest absolute Gasteiger partial charge is 0.408 e. The fraction of sp³-hybridized carbons (Fsp3) is 0.385. The second kappa shape index (κ2) is 8.47. The summed E-state index contributed by atoms with van der Waals surface area (Å²) in [5.74, 6) is -4.53. The van der Waals surface area contributed by atoms with E-state index in [1.54, 1.807) is 32.6 Å². The van der Waals surface area contributed by atoms with E-state index >= 15 is 4.39 Å². The van der Waals surface area contributed by atoms with Gasteiger partial charge in [-0.25, -0.2) is 27.7 Å². The summed E-state index contributed by atoms with van der Waals surface area (Å²) in [4.78, 5) is 43.0. The molecule has 3 heterocycles. The molecule has 3 aromatic rings. The quantitative estimate of drug-likeness (QED) is 0.524. The molecule has 1 aliphatic heterocycles. The van der Waals surface area contributed by atoms with Crippen molar-refractivity contribution in [2.45, 2.75) is 51.3 Å². The van der Waals surface area contributed by atoms with Gasteiger partial charge in [0.05, 0.1) is 22.7 Å². The number of alkyl carbamates (subject to hydrolysis) is 1. The van der Waals surface area contributed by atoms with Crippen molar-refractivity contribution in [2.24, 2.45) is 5.92 Å². The van der Waals surface area contributed by atoms with Gasteiger partial charge < -0.3 is 20.1 Å². The van der Waals surface area contributed by atoms with E-state index < -0.39 is 57.7 Å². The number of carbonyl (C=O) groups is 2. The molecule has 38 heavy (non-hydrogen) atoms. The van der Waals surface area contributed by atoms with Crippen molar-refractivity contribution >= 4 is 28.9 Å². The normalized spacial score (nSPS) is 22.3. The van der Waals surface area contributed by atoms with Gasteiger partial charge in [-0.1, -0.05) is 0 Å². The number of pyridine rings is 2. The van der Waals surface area contributed by atoms with Gasteiger partial charge in [0.1, 0.15) is 22.8 Å². The van der Waals surface area contributed by atoms with Gasteiger partial charge in [-0.3, -0.25) is 9.36 Å². The van der Waals surface area contributed by atoms with Crippen LogP contribution >= 0.6 is 0 Å². The summed E-state index contributed by atoms with van der Waals surface area (Å²) in [7, 11) is 0. The van der Waals surface area contributed by atoms with Crippen molar-refractivity contribution in [2.75, 3.05) is 11.4 Å². The van der Waals surface area contributed by atoms with Gasteiger partial charge in [0, 0.05) is 24.7 Å². The fourth-order valence-electron chi connectivity index (χ4n) is 5.21. The Morgan fingerprint density at radius 2 is 1.89 bits per heavy atom. The predicted molar refractivity (Wildman–Crippen MR) is 131 cm³/mol. The minimum absolute atomic E-state index is 0.00645. The summed E-state index contributed by atoms with van der Waals surface area (Å²) >= 11 is 0. The molecule has 1 saturated carbocycles. The number of hydrogen-bond donors (Lipinski definition) is 2. The number of halogens is 3. The SMILES string of the molecule is C[C@H]1N(c2nc3c(cc2F)c(=O)c(C(=O)O)cn3-c2ccc(F)cc2F)C[C@H]2C[C@]21NC(=O)OC(C)(C)C. The number of carboxylic acid groups (broad SMARTS) is 1. The van der Waals surface area contributed by atoms with Crippen LogP contribution in [0.25, 0.3) is 16.7 Å². The molecule has 5 rings (SSSR count). The number of nitrogens with zero attached hydrogens (tertiary/aromatic N) is 3. The van der Waals surface area contributed by atoms with Crippen LogP contribution in [0, 0.1) is 23.4 Å². The lowest BCUT2D eigenvalue weighted by molar-refractivity contribution is 0.0489. The number of aromatic nitrogens is 2. The van der Waals surface area contributed by atoms with Gasteiger partial charge in [-0.2, -0.15) is 0 Å². The van der Waals surface area contributed by atoms with Crippen LogP contribution in [-0.4, -0.2) is 50.4 Å². The van der Waals surface area contributed by atoms with Gasteiger partial charge in [-0.15, -0.1) is 0 Å². The Morgan fingerprint density at radius 1 is 1.18 bits per heavy atom. The maximum absolute atomic E-state index is 15.4. The lowest BCUT2D eigenvalue weighted by Gasteiger charge is -2.31. The first-order valence-electron chi connectivity index (χ1n) is 11.9. The minimum atomic E-state index is -1.60. The van der Waals surface area contributed by atoms with Crippen molar-refractivity contribution in [1.82, 2.24) is 14.9 Å². The average molecular weight is 531 g/mol. The Balaban J connectivity index is 1.61. The summed E-state index contributed by atoms with van der Waals surface area (Å²) in [5.41, 5.74) is -3.57. The zero-order valence-electron chi connectivity index (χ0n) is 21.0. The Labute approximate surface area is 214 Å². The lowest BCUT2D eigenvalue weighted by Crippen LogP contribution is -2.50. The maximum atomic E-state index is 15.4. The van der Waals surface area contributed by atoms with Crippen molar-refractivity contribution in [3.8, 4) is 5.69 Å². The number of aromatic carboxylic acids is 1. The number of amides is 1. The number of carboxylic acids is 1. The number of nitrogens with one attached hydrogen (secondary N) is 1. The zero-order valence-corrected chi connectivity index (χ0v) is 21.0. The van der Waals surface area contributed by atoms with E-state index in [1.165, 1.54) is 0 Å². The van der Waals surface area contributed by atoms with Crippen LogP contribution in [0.5, 0.6) is 0 Å². The molecule has 1 aliphatic carbocycles. The molecule has 2 aliphatic rings. The van der Waals surface area contributed by atoms with Gasteiger partial charge in [0.2, 0.25) is 5.43 Å². The lowest BCUT2D eigenvalue weighted by atomic mass is 10.1. The van der Waals surface area contributed by atoms with E-state index in [0.717, 1.165) is 29.0 Å². The monoisotopic (exact) mass is 530 g/mol. The Kier molecular flexibility index (Phi) is 5.69. The van der Waals surface area contributed by atoms with E-state index in [1.807, 2.05) is 0 Å². The standard InChI is InChI=1S/C26H25F3N4O5/c1-12-26(31-24(37)38-25(2,3)4)9-13(26)10-32(12)22-18(29)8-15-20(34)16(23(35)36)11-33(21(15)30-22)19-6-5-14(27)7-17(19)28/h5-8,11-13H,9-10H2,1-4H3,(H,31,37)(H,35,36)/t12-,13-,26-/m1/s1. The third-order valence-electron chi connectivity index (χ3n) is 7.10. The summed E-state index contributed by atoms with van der Waals surface area (Å²) in [5, 5.41) is 12.0. The number of piperidine rings is 1. The molecule has 0 radical (unpaired) electrons. The summed E-state index contributed by atoms with van der Waals surface area (Å²) < 4.78 is 50.1. The highest BCUT2D eigenvalue weighted by Crippen LogP contribution is 2.54. The van der Waals surface area contributed by atoms with Crippen molar-refractivity contribution in [1.29, 1.82) is 0 Å². The number of ether oxygens (including phenoxy) is 1. The molecule has 3 atom stereocenters. The molecule has 9 nitrogen and oxygen atoms in total. The maximum Gasteiger partial charge on any atom is 0.408 e. The summed E-state index contributed by atoms with van der Waals surface area (Å²) in [6.07, 6.45) is 0.948. The average Bonchev–Trinajstić information content (AvgIpc) is 3.42. The van der Waals surface area contributed by atoms with Crippen LogP contribution < -0.4 is 15.6 Å².